The van der Waals surface area contributed by atoms with E-state index in [0.29, 0.717) is 10.2 Å². The molecule has 0 aliphatic heterocycles. The van der Waals surface area contributed by atoms with Gasteiger partial charge in [-0.2, -0.15) is 0 Å². The molecule has 0 bridgehead atoms. The van der Waals surface area contributed by atoms with Crippen molar-refractivity contribution in [1.29, 1.82) is 0 Å². The number of hydrogen-bond acceptors (Lipinski definition) is 0. The van der Waals surface area contributed by atoms with Crippen molar-refractivity contribution in [2.45, 2.75) is 6.04 Å². The van der Waals surface area contributed by atoms with Crippen LogP contribution < -0.4 is 0 Å². The molecule has 5 heteroatoms. The van der Waals surface area contributed by atoms with Gasteiger partial charge in [-0.15, -0.1) is 0 Å². The fraction of sp³-hybridized carbons (Fsp3) is 0.143. The molecule has 0 amide bonds. The summed E-state index contributed by atoms with van der Waals surface area (Å²) in [6.45, 7) is 0. The van der Waals surface area contributed by atoms with Gasteiger partial charge in [0.1, 0.15) is 0 Å². The van der Waals surface area contributed by atoms with E-state index in [9.17, 15) is 17.6 Å². The van der Waals surface area contributed by atoms with Gasteiger partial charge < -0.3 is 0 Å². The second kappa shape index (κ2) is 3.26. The van der Waals surface area contributed by atoms with Crippen molar-refractivity contribution in [3.8, 4) is 0 Å². The van der Waals surface area contributed by atoms with Crippen LogP contribution in [0.15, 0.2) is 6.07 Å². The van der Waals surface area contributed by atoms with E-state index in [0.717, 1.165) is 0 Å². The summed E-state index contributed by atoms with van der Waals surface area (Å²) in [6.07, 6.45) is 0. The zero-order chi connectivity index (χ0) is 9.30. The molecule has 0 saturated heterocycles. The normalized spacial score (nSPS) is 10.7. The molecule has 12 heavy (non-hydrogen) atoms. The first-order valence-corrected chi connectivity index (χ1v) is 4.81. The van der Waals surface area contributed by atoms with E-state index in [1.54, 1.807) is 0 Å². The van der Waals surface area contributed by atoms with Crippen LogP contribution in [0.1, 0.15) is 5.56 Å². The molecule has 0 atom stereocenters. The minimum atomic E-state index is -1.33. The maximum atomic E-state index is 12.7. The Labute approximate surface area is 69.6 Å². The minimum Gasteiger partial charge on any atom is -0.204 e. The lowest BCUT2D eigenvalue weighted by atomic mass is 10.2. The number of halogens is 4. The molecule has 0 fully saturated rings. The molecule has 0 N–H and O–H groups in total. The number of rotatable bonds is 1. The summed E-state index contributed by atoms with van der Waals surface area (Å²) in [4.78, 5) is 0. The fourth-order valence-electron chi connectivity index (χ4n) is 0.933. The standard InChI is InChI=1S/C7H6F4Si/c8-4-1-5(9)7(11)3(2-12)6(4)10/h1H,2H2,12H3. The van der Waals surface area contributed by atoms with Gasteiger partial charge in [-0.25, -0.2) is 17.6 Å². The van der Waals surface area contributed by atoms with Crippen molar-refractivity contribution in [3.63, 3.8) is 0 Å². The van der Waals surface area contributed by atoms with Crippen LogP contribution in [0.4, 0.5) is 17.6 Å². The van der Waals surface area contributed by atoms with Gasteiger partial charge in [-0.05, 0) is 6.04 Å². The molecule has 0 radical (unpaired) electrons. The average molecular weight is 194 g/mol. The molecule has 0 nitrogen and oxygen atoms in total. The van der Waals surface area contributed by atoms with Gasteiger partial charge in [0, 0.05) is 21.9 Å². The third kappa shape index (κ3) is 1.36. The molecular formula is C7H6F4Si. The number of hydrogen-bond donors (Lipinski definition) is 0. The highest BCUT2D eigenvalue weighted by Crippen LogP contribution is 2.18. The maximum absolute atomic E-state index is 12.7. The largest absolute Gasteiger partial charge is 0.204 e. The van der Waals surface area contributed by atoms with E-state index in [2.05, 4.69) is 0 Å². The SMILES string of the molecule is Fc1cc(F)c(F)c(C[SiH3])c1F. The fourth-order valence-corrected chi connectivity index (χ4v) is 1.55. The van der Waals surface area contributed by atoms with E-state index in [1.807, 2.05) is 0 Å². The Kier molecular flexibility index (Phi) is 2.51. The Morgan fingerprint density at radius 1 is 1.00 bits per heavy atom. The molecular weight excluding hydrogens is 188 g/mol. The Bertz CT molecular complexity index is 285. The van der Waals surface area contributed by atoms with E-state index in [-0.39, 0.29) is 12.1 Å². The summed E-state index contributed by atoms with van der Waals surface area (Å²) in [5.74, 6) is -5.22. The highest BCUT2D eigenvalue weighted by molar-refractivity contribution is 6.08. The van der Waals surface area contributed by atoms with Crippen LogP contribution in [0.3, 0.4) is 0 Å². The van der Waals surface area contributed by atoms with Gasteiger partial charge in [0.2, 0.25) is 0 Å². The first-order chi connectivity index (χ1) is 5.57. The molecule has 0 aliphatic rings. The quantitative estimate of drug-likeness (QED) is 0.357. The Balaban J connectivity index is 3.42. The molecule has 0 spiro atoms. The Hall–Kier alpha value is -0.843. The third-order valence-corrected chi connectivity index (χ3v) is 2.26. The molecule has 1 aromatic rings. The van der Waals surface area contributed by atoms with Crippen LogP contribution in [0.2, 0.25) is 0 Å². The van der Waals surface area contributed by atoms with E-state index >= 15 is 0 Å². The lowest BCUT2D eigenvalue weighted by molar-refractivity contribution is 0.444. The summed E-state index contributed by atoms with van der Waals surface area (Å²) in [6, 6.07) is 0.276. The van der Waals surface area contributed by atoms with Crippen LogP contribution >= 0.6 is 0 Å². The average Bonchev–Trinajstić information content (AvgIpc) is 2.02. The zero-order valence-corrected chi connectivity index (χ0v) is 8.30. The number of benzene rings is 1. The molecule has 0 aliphatic carbocycles. The maximum Gasteiger partial charge on any atom is 0.164 e. The third-order valence-electron chi connectivity index (χ3n) is 1.56. The second-order valence-corrected chi connectivity index (χ2v) is 3.01. The molecule has 1 aromatic carbocycles. The molecule has 1 rings (SSSR count). The second-order valence-electron chi connectivity index (χ2n) is 2.30. The Morgan fingerprint density at radius 3 is 1.75 bits per heavy atom. The van der Waals surface area contributed by atoms with Gasteiger partial charge in [0.15, 0.2) is 23.3 Å². The topological polar surface area (TPSA) is 0 Å². The van der Waals surface area contributed by atoms with Crippen molar-refractivity contribution in [2.75, 3.05) is 0 Å². The molecule has 0 heterocycles. The highest BCUT2D eigenvalue weighted by Gasteiger charge is 2.16. The Morgan fingerprint density at radius 2 is 1.42 bits per heavy atom. The summed E-state index contributed by atoms with van der Waals surface area (Å²) >= 11 is 0. The van der Waals surface area contributed by atoms with Crippen molar-refractivity contribution in [3.05, 3.63) is 34.9 Å². The highest BCUT2D eigenvalue weighted by atomic mass is 28.1. The first kappa shape index (κ1) is 9.25. The van der Waals surface area contributed by atoms with E-state index in [4.69, 9.17) is 0 Å². The van der Waals surface area contributed by atoms with Crippen molar-refractivity contribution < 1.29 is 17.6 Å². The van der Waals surface area contributed by atoms with E-state index in [1.165, 1.54) is 0 Å². The first-order valence-electron chi connectivity index (χ1n) is 3.39. The molecule has 0 saturated carbocycles. The summed E-state index contributed by atoms with van der Waals surface area (Å²) in [7, 11) is 0.456. The lowest BCUT2D eigenvalue weighted by Gasteiger charge is -2.02. The minimum absolute atomic E-state index is 0.0619. The van der Waals surface area contributed by atoms with Crippen molar-refractivity contribution in [1.82, 2.24) is 0 Å². The molecule has 0 aromatic heterocycles. The predicted octanol–water partition coefficient (Wildman–Crippen LogP) is 1.11. The smallest absolute Gasteiger partial charge is 0.164 e. The zero-order valence-electron chi connectivity index (χ0n) is 6.30. The lowest BCUT2D eigenvalue weighted by Crippen LogP contribution is -2.02. The molecule has 66 valence electrons. The summed E-state index contributed by atoms with van der Waals surface area (Å²) in [5, 5.41) is 0. The van der Waals surface area contributed by atoms with Gasteiger partial charge >= 0.3 is 0 Å². The van der Waals surface area contributed by atoms with Gasteiger partial charge in [0.05, 0.1) is 0 Å². The van der Waals surface area contributed by atoms with E-state index < -0.39 is 28.8 Å². The molecule has 0 unspecified atom stereocenters. The van der Waals surface area contributed by atoms with Gasteiger partial charge in [0.25, 0.3) is 0 Å². The van der Waals surface area contributed by atoms with Crippen molar-refractivity contribution in [2.24, 2.45) is 0 Å². The predicted molar refractivity (Wildman–Crippen MR) is 39.9 cm³/mol. The summed E-state index contributed by atoms with van der Waals surface area (Å²) in [5.41, 5.74) is -0.487. The van der Waals surface area contributed by atoms with Crippen LogP contribution in [-0.4, -0.2) is 10.2 Å². The monoisotopic (exact) mass is 194 g/mol. The van der Waals surface area contributed by atoms with Crippen LogP contribution in [-0.2, 0) is 6.04 Å². The van der Waals surface area contributed by atoms with Crippen LogP contribution in [0, 0.1) is 23.3 Å². The van der Waals surface area contributed by atoms with Gasteiger partial charge in [-0.3, -0.25) is 0 Å². The van der Waals surface area contributed by atoms with Gasteiger partial charge in [-0.1, -0.05) is 0 Å². The summed E-state index contributed by atoms with van der Waals surface area (Å²) < 4.78 is 50.2. The van der Waals surface area contributed by atoms with Crippen LogP contribution in [0.5, 0.6) is 0 Å². The van der Waals surface area contributed by atoms with Crippen molar-refractivity contribution >= 4 is 10.2 Å². The van der Waals surface area contributed by atoms with Crippen LogP contribution in [0.25, 0.3) is 0 Å².